The van der Waals surface area contributed by atoms with E-state index >= 15 is 0 Å². The monoisotopic (exact) mass is 494 g/mol. The summed E-state index contributed by atoms with van der Waals surface area (Å²) in [5.74, 6) is -3.04. The number of hydrogen-bond donors (Lipinski definition) is 0. The van der Waals surface area contributed by atoms with Gasteiger partial charge < -0.3 is 23.7 Å². The molecule has 170 valence electrons. The predicted octanol–water partition coefficient (Wildman–Crippen LogP) is 4.07. The van der Waals surface area contributed by atoms with E-state index in [-0.39, 0.29) is 35.7 Å². The van der Waals surface area contributed by atoms with Gasteiger partial charge in [-0.1, -0.05) is 66.2 Å². The Morgan fingerprint density at radius 1 is 1.13 bits per heavy atom. The van der Waals surface area contributed by atoms with Crippen molar-refractivity contribution in [3.63, 3.8) is 0 Å². The molecule has 1 aromatic rings. The smallest absolute Gasteiger partial charge is 0.239 e. The molecule has 31 heavy (non-hydrogen) atoms. The minimum Gasteiger partial charge on any atom is -0.368 e. The van der Waals surface area contributed by atoms with Crippen molar-refractivity contribution in [1.29, 1.82) is 0 Å². The number of Topliss-reactive ketones (excluding diaryl/α,β-unsaturated/α-hetero) is 1. The number of benzene rings is 1. The van der Waals surface area contributed by atoms with Gasteiger partial charge in [-0.15, -0.1) is 0 Å². The summed E-state index contributed by atoms with van der Waals surface area (Å²) in [6.07, 6.45) is 1.95. The highest BCUT2D eigenvalue weighted by Gasteiger charge is 2.70. The lowest BCUT2D eigenvalue weighted by atomic mass is 9.62. The van der Waals surface area contributed by atoms with Gasteiger partial charge in [-0.25, -0.2) is 0 Å². The highest BCUT2D eigenvalue weighted by molar-refractivity contribution is 9.11. The highest BCUT2D eigenvalue weighted by atomic mass is 79.9. The summed E-state index contributed by atoms with van der Waals surface area (Å²) in [5.41, 5.74) is 1.09. The van der Waals surface area contributed by atoms with Crippen molar-refractivity contribution in [2.24, 2.45) is 23.7 Å². The SMILES string of the molecule is COC1(OC)C(=O)[C@H]2C=C(Br)[C@@H]1[C@@H]1O[C@](OC)([C@H](OCc3ccccc3)C(C)C)C[C@@H]12. The Hall–Kier alpha value is -1.09. The summed E-state index contributed by atoms with van der Waals surface area (Å²) in [4.78, 5) is 13.3. The minimum atomic E-state index is -1.36. The van der Waals surface area contributed by atoms with E-state index in [0.29, 0.717) is 13.0 Å². The van der Waals surface area contributed by atoms with Crippen LogP contribution in [0.3, 0.4) is 0 Å². The number of halogens is 1. The van der Waals surface area contributed by atoms with E-state index < -0.39 is 17.5 Å². The Morgan fingerprint density at radius 2 is 1.81 bits per heavy atom. The van der Waals surface area contributed by atoms with E-state index in [0.717, 1.165) is 10.0 Å². The van der Waals surface area contributed by atoms with Crippen LogP contribution in [0.1, 0.15) is 25.8 Å². The second kappa shape index (κ2) is 8.69. The van der Waals surface area contributed by atoms with Gasteiger partial charge in [0.25, 0.3) is 0 Å². The first-order chi connectivity index (χ1) is 14.8. The number of carbonyl (C=O) groups excluding carboxylic acids is 1. The molecule has 1 heterocycles. The number of rotatable bonds is 8. The van der Waals surface area contributed by atoms with Gasteiger partial charge in [0.1, 0.15) is 6.10 Å². The molecule has 0 amide bonds. The molecule has 0 radical (unpaired) electrons. The van der Waals surface area contributed by atoms with Crippen LogP contribution in [0.15, 0.2) is 40.9 Å². The van der Waals surface area contributed by atoms with Crippen molar-refractivity contribution in [3.8, 4) is 0 Å². The molecule has 1 saturated carbocycles. The molecule has 0 spiro atoms. The third-order valence-corrected chi connectivity index (χ3v) is 7.78. The molecule has 2 bridgehead atoms. The summed E-state index contributed by atoms with van der Waals surface area (Å²) in [6, 6.07) is 10.1. The van der Waals surface area contributed by atoms with E-state index in [4.69, 9.17) is 23.7 Å². The van der Waals surface area contributed by atoms with E-state index in [1.54, 1.807) is 7.11 Å². The molecule has 4 aliphatic rings. The Kier molecular flexibility index (Phi) is 6.47. The molecular weight excluding hydrogens is 464 g/mol. The van der Waals surface area contributed by atoms with Crippen molar-refractivity contribution >= 4 is 21.7 Å². The van der Waals surface area contributed by atoms with E-state index in [1.165, 1.54) is 14.2 Å². The fourth-order valence-corrected chi connectivity index (χ4v) is 6.47. The molecule has 0 N–H and O–H groups in total. The Labute approximate surface area is 192 Å². The molecule has 1 saturated heterocycles. The maximum Gasteiger partial charge on any atom is 0.239 e. The average Bonchev–Trinajstić information content (AvgIpc) is 3.17. The summed E-state index contributed by atoms with van der Waals surface area (Å²) in [6.45, 7) is 4.66. The van der Waals surface area contributed by atoms with Crippen LogP contribution < -0.4 is 0 Å². The summed E-state index contributed by atoms with van der Waals surface area (Å²) < 4.78 is 31.4. The maximum atomic E-state index is 13.3. The van der Waals surface area contributed by atoms with Crippen molar-refractivity contribution in [2.45, 2.75) is 50.7 Å². The first-order valence-corrected chi connectivity index (χ1v) is 11.5. The average molecular weight is 495 g/mol. The van der Waals surface area contributed by atoms with Crippen molar-refractivity contribution in [2.75, 3.05) is 21.3 Å². The second-order valence-electron chi connectivity index (χ2n) is 8.92. The molecule has 1 aromatic carbocycles. The standard InChI is InChI=1S/C24H31BrO6/c1-14(2)22(30-13-15-9-7-6-8-10-15)23(27-3)12-17-16-11-18(25)19(20(17)31-23)24(28-4,29-5)21(16)26/h6-11,14,16-17,19-20,22H,12-13H2,1-5H3/t16-,17+,19+,20+,22+,23-/m0/s1. The van der Waals surface area contributed by atoms with E-state index in [2.05, 4.69) is 29.8 Å². The van der Waals surface area contributed by atoms with Crippen LogP contribution in [0.25, 0.3) is 0 Å². The topological polar surface area (TPSA) is 63.2 Å². The highest BCUT2D eigenvalue weighted by Crippen LogP contribution is 2.59. The number of ether oxygens (including phenoxy) is 5. The Morgan fingerprint density at radius 3 is 2.39 bits per heavy atom. The van der Waals surface area contributed by atoms with Gasteiger partial charge in [-0.3, -0.25) is 4.79 Å². The summed E-state index contributed by atoms with van der Waals surface area (Å²) >= 11 is 3.65. The molecular formula is C24H31BrO6. The number of carbonyl (C=O) groups is 1. The molecule has 0 aromatic heterocycles. The van der Waals surface area contributed by atoms with Gasteiger partial charge in [0.05, 0.1) is 18.6 Å². The summed E-state index contributed by atoms with van der Waals surface area (Å²) in [5, 5.41) is 0. The van der Waals surface area contributed by atoms with Gasteiger partial charge in [0, 0.05) is 44.1 Å². The largest absolute Gasteiger partial charge is 0.368 e. The number of methoxy groups -OCH3 is 3. The van der Waals surface area contributed by atoms with Crippen molar-refractivity contribution < 1.29 is 28.5 Å². The number of allylic oxidation sites excluding steroid dienone is 1. The van der Waals surface area contributed by atoms with Crippen LogP contribution in [0.4, 0.5) is 0 Å². The van der Waals surface area contributed by atoms with Crippen LogP contribution in [0.5, 0.6) is 0 Å². The zero-order chi connectivity index (χ0) is 22.4. The second-order valence-corrected chi connectivity index (χ2v) is 9.84. The maximum absolute atomic E-state index is 13.3. The quantitative estimate of drug-likeness (QED) is 0.507. The summed E-state index contributed by atoms with van der Waals surface area (Å²) in [7, 11) is 4.68. The molecule has 2 fully saturated rings. The van der Waals surface area contributed by atoms with Crippen molar-refractivity contribution in [1.82, 2.24) is 0 Å². The van der Waals surface area contributed by atoms with E-state index in [1.807, 2.05) is 36.4 Å². The molecule has 0 unspecified atom stereocenters. The van der Waals surface area contributed by atoms with E-state index in [9.17, 15) is 4.79 Å². The fourth-order valence-electron chi connectivity index (χ4n) is 5.62. The van der Waals surface area contributed by atoms with Crippen LogP contribution in [-0.4, -0.2) is 50.9 Å². The minimum absolute atomic E-state index is 0.0289. The van der Waals surface area contributed by atoms with Gasteiger partial charge in [-0.2, -0.15) is 0 Å². The van der Waals surface area contributed by atoms with Crippen LogP contribution >= 0.6 is 15.9 Å². The van der Waals surface area contributed by atoms with Gasteiger partial charge >= 0.3 is 0 Å². The lowest BCUT2D eigenvalue weighted by molar-refractivity contribution is -0.304. The third kappa shape index (κ3) is 3.54. The predicted molar refractivity (Wildman–Crippen MR) is 118 cm³/mol. The molecule has 6 nitrogen and oxygen atoms in total. The van der Waals surface area contributed by atoms with Gasteiger partial charge in [0.15, 0.2) is 11.6 Å². The van der Waals surface area contributed by atoms with Crippen LogP contribution in [0.2, 0.25) is 0 Å². The molecule has 6 atom stereocenters. The van der Waals surface area contributed by atoms with Gasteiger partial charge in [-0.05, 0) is 11.5 Å². The fraction of sp³-hybridized carbons (Fsp3) is 0.625. The first-order valence-electron chi connectivity index (χ1n) is 10.7. The van der Waals surface area contributed by atoms with Crippen molar-refractivity contribution in [3.05, 3.63) is 46.5 Å². The lowest BCUT2D eigenvalue weighted by Crippen LogP contribution is -2.64. The lowest BCUT2D eigenvalue weighted by Gasteiger charge is -2.51. The molecule has 1 aliphatic heterocycles. The normalized spacial score (nSPS) is 34.7. The Balaban J connectivity index is 1.65. The Bertz CT molecular complexity index is 836. The van der Waals surface area contributed by atoms with Crippen LogP contribution in [0, 0.1) is 23.7 Å². The first kappa shape index (κ1) is 23.1. The molecule has 3 aliphatic carbocycles. The number of fused-ring (bicyclic) bond motifs is 1. The molecule has 7 heteroatoms. The van der Waals surface area contributed by atoms with Crippen LogP contribution in [-0.2, 0) is 35.1 Å². The zero-order valence-corrected chi connectivity index (χ0v) is 20.3. The number of ketones is 1. The zero-order valence-electron chi connectivity index (χ0n) is 18.7. The number of hydrogen-bond acceptors (Lipinski definition) is 6. The molecule has 5 rings (SSSR count). The van der Waals surface area contributed by atoms with Gasteiger partial charge in [0.2, 0.25) is 5.79 Å². The third-order valence-electron chi connectivity index (χ3n) is 7.02.